The zero-order valence-corrected chi connectivity index (χ0v) is 20.7. The summed E-state index contributed by atoms with van der Waals surface area (Å²) in [5, 5.41) is 3.19. The first-order valence-corrected chi connectivity index (χ1v) is 12.4. The van der Waals surface area contributed by atoms with Gasteiger partial charge in [-0.2, -0.15) is 0 Å². The number of nitrogens with zero attached hydrogens (tertiary/aromatic N) is 1. The molecule has 0 radical (unpaired) electrons. The standard InChI is InChI=1S/C28H38N2O4/c1-4-26(28(32)29-23-8-5-6-9-23)30(20-22-13-17-24(33-3)18-14-22)27(31)10-7-19-34-25-15-11-21(2)12-16-25/h11-18,23,26H,4-10,19-20H2,1-3H3,(H,29,32). The van der Waals surface area contributed by atoms with E-state index >= 15 is 0 Å². The molecular formula is C28H38N2O4. The molecule has 34 heavy (non-hydrogen) atoms. The van der Waals surface area contributed by atoms with Gasteiger partial charge in [0.15, 0.2) is 0 Å². The molecule has 6 nitrogen and oxygen atoms in total. The van der Waals surface area contributed by atoms with Crippen molar-refractivity contribution in [3.63, 3.8) is 0 Å². The quantitative estimate of drug-likeness (QED) is 0.446. The van der Waals surface area contributed by atoms with E-state index in [1.807, 2.05) is 62.4 Å². The van der Waals surface area contributed by atoms with Gasteiger partial charge in [-0.1, -0.05) is 49.6 Å². The smallest absolute Gasteiger partial charge is 0.243 e. The van der Waals surface area contributed by atoms with Crippen LogP contribution in [0.3, 0.4) is 0 Å². The second kappa shape index (κ2) is 13.0. The number of rotatable bonds is 12. The van der Waals surface area contributed by atoms with Crippen LogP contribution in [0.1, 0.15) is 63.0 Å². The van der Waals surface area contributed by atoms with Gasteiger partial charge in [-0.3, -0.25) is 9.59 Å². The number of hydrogen-bond donors (Lipinski definition) is 1. The highest BCUT2D eigenvalue weighted by molar-refractivity contribution is 5.87. The minimum Gasteiger partial charge on any atom is -0.497 e. The van der Waals surface area contributed by atoms with Crippen LogP contribution >= 0.6 is 0 Å². The average molecular weight is 467 g/mol. The van der Waals surface area contributed by atoms with Gasteiger partial charge >= 0.3 is 0 Å². The summed E-state index contributed by atoms with van der Waals surface area (Å²) < 4.78 is 11.0. The van der Waals surface area contributed by atoms with Gasteiger partial charge in [-0.15, -0.1) is 0 Å². The Balaban J connectivity index is 1.64. The van der Waals surface area contributed by atoms with Crippen LogP contribution in [0.5, 0.6) is 11.5 Å². The van der Waals surface area contributed by atoms with Gasteiger partial charge in [-0.25, -0.2) is 0 Å². The molecule has 0 saturated heterocycles. The maximum Gasteiger partial charge on any atom is 0.243 e. The molecule has 184 valence electrons. The number of amides is 2. The van der Waals surface area contributed by atoms with Crippen LogP contribution in [0, 0.1) is 6.92 Å². The lowest BCUT2D eigenvalue weighted by Crippen LogP contribution is -2.50. The summed E-state index contributed by atoms with van der Waals surface area (Å²) in [5.41, 5.74) is 2.15. The highest BCUT2D eigenvalue weighted by atomic mass is 16.5. The monoisotopic (exact) mass is 466 g/mol. The molecule has 1 aliphatic rings. The first-order chi connectivity index (χ1) is 16.5. The molecule has 0 bridgehead atoms. The molecule has 3 rings (SSSR count). The number of methoxy groups -OCH3 is 1. The number of nitrogens with one attached hydrogen (secondary N) is 1. The van der Waals surface area contributed by atoms with E-state index in [4.69, 9.17) is 9.47 Å². The third-order valence-electron chi connectivity index (χ3n) is 6.42. The summed E-state index contributed by atoms with van der Waals surface area (Å²) in [6.45, 7) is 4.84. The van der Waals surface area contributed by atoms with Crippen LogP contribution in [0.15, 0.2) is 48.5 Å². The third kappa shape index (κ3) is 7.51. The van der Waals surface area contributed by atoms with Gasteiger partial charge in [-0.05, 0) is 62.4 Å². The Bertz CT molecular complexity index is 905. The Hall–Kier alpha value is -3.02. The number of carbonyl (C=O) groups is 2. The molecule has 2 amide bonds. The zero-order chi connectivity index (χ0) is 24.3. The lowest BCUT2D eigenvalue weighted by Gasteiger charge is -2.31. The molecule has 0 spiro atoms. The highest BCUT2D eigenvalue weighted by Crippen LogP contribution is 2.21. The van der Waals surface area contributed by atoms with Crippen molar-refractivity contribution < 1.29 is 19.1 Å². The van der Waals surface area contributed by atoms with E-state index in [0.29, 0.717) is 32.4 Å². The van der Waals surface area contributed by atoms with Gasteiger partial charge in [0, 0.05) is 19.0 Å². The van der Waals surface area contributed by atoms with Gasteiger partial charge in [0.25, 0.3) is 0 Å². The Morgan fingerprint density at radius 3 is 2.29 bits per heavy atom. The summed E-state index contributed by atoms with van der Waals surface area (Å²) >= 11 is 0. The van der Waals surface area contributed by atoms with E-state index in [9.17, 15) is 9.59 Å². The molecule has 2 aromatic carbocycles. The maximum absolute atomic E-state index is 13.3. The minimum absolute atomic E-state index is 0.0308. The van der Waals surface area contributed by atoms with Crippen LogP contribution in [0.2, 0.25) is 0 Å². The summed E-state index contributed by atoms with van der Waals surface area (Å²) in [6.07, 6.45) is 5.83. The molecule has 1 unspecified atom stereocenters. The van der Waals surface area contributed by atoms with Gasteiger partial charge in [0.2, 0.25) is 11.8 Å². The Morgan fingerprint density at radius 1 is 1.03 bits per heavy atom. The van der Waals surface area contributed by atoms with Crippen LogP contribution < -0.4 is 14.8 Å². The number of carbonyl (C=O) groups excluding carboxylic acids is 2. The van der Waals surface area contributed by atoms with Crippen LogP contribution in [0.25, 0.3) is 0 Å². The van der Waals surface area contributed by atoms with Crippen molar-refractivity contribution >= 4 is 11.8 Å². The second-order valence-corrected chi connectivity index (χ2v) is 9.05. The molecule has 1 N–H and O–H groups in total. The third-order valence-corrected chi connectivity index (χ3v) is 6.42. The summed E-state index contributed by atoms with van der Waals surface area (Å²) in [6, 6.07) is 15.3. The lowest BCUT2D eigenvalue weighted by molar-refractivity contribution is -0.141. The first-order valence-electron chi connectivity index (χ1n) is 12.4. The van der Waals surface area contributed by atoms with Gasteiger partial charge in [0.05, 0.1) is 13.7 Å². The van der Waals surface area contributed by atoms with Crippen molar-refractivity contribution in [2.45, 2.75) is 77.4 Å². The van der Waals surface area contributed by atoms with E-state index in [-0.39, 0.29) is 17.9 Å². The number of benzene rings is 2. The fourth-order valence-electron chi connectivity index (χ4n) is 4.41. The van der Waals surface area contributed by atoms with Crippen molar-refractivity contribution in [1.82, 2.24) is 10.2 Å². The molecular weight excluding hydrogens is 428 g/mol. The molecule has 0 heterocycles. The fraction of sp³-hybridized carbons (Fsp3) is 0.500. The van der Waals surface area contributed by atoms with Crippen molar-refractivity contribution in [2.24, 2.45) is 0 Å². The van der Waals surface area contributed by atoms with Crippen LogP contribution in [-0.4, -0.2) is 42.5 Å². The highest BCUT2D eigenvalue weighted by Gasteiger charge is 2.30. The van der Waals surface area contributed by atoms with Crippen molar-refractivity contribution in [2.75, 3.05) is 13.7 Å². The van der Waals surface area contributed by atoms with Crippen molar-refractivity contribution in [3.05, 3.63) is 59.7 Å². The fourth-order valence-corrected chi connectivity index (χ4v) is 4.41. The molecule has 1 atom stereocenters. The van der Waals surface area contributed by atoms with Gasteiger partial charge in [0.1, 0.15) is 17.5 Å². The first kappa shape index (κ1) is 25.6. The largest absolute Gasteiger partial charge is 0.497 e. The van der Waals surface area contributed by atoms with E-state index in [0.717, 1.165) is 42.7 Å². The summed E-state index contributed by atoms with van der Waals surface area (Å²) in [5.74, 6) is 1.49. The molecule has 6 heteroatoms. The topological polar surface area (TPSA) is 67.9 Å². The maximum atomic E-state index is 13.3. The SMILES string of the molecule is CCC(C(=O)NC1CCCC1)N(Cc1ccc(OC)cc1)C(=O)CCCOc1ccc(C)cc1. The summed E-state index contributed by atoms with van der Waals surface area (Å²) in [7, 11) is 1.63. The number of hydrogen-bond acceptors (Lipinski definition) is 4. The Kier molecular flexibility index (Phi) is 9.80. The Morgan fingerprint density at radius 2 is 1.68 bits per heavy atom. The zero-order valence-electron chi connectivity index (χ0n) is 20.7. The van der Waals surface area contributed by atoms with Crippen LogP contribution in [0.4, 0.5) is 0 Å². The van der Waals surface area contributed by atoms with Crippen molar-refractivity contribution in [3.8, 4) is 11.5 Å². The molecule has 1 fully saturated rings. The van der Waals surface area contributed by atoms with E-state index in [1.54, 1.807) is 12.0 Å². The van der Waals surface area contributed by atoms with Gasteiger partial charge < -0.3 is 19.7 Å². The minimum atomic E-state index is -0.492. The lowest BCUT2D eigenvalue weighted by atomic mass is 10.1. The van der Waals surface area contributed by atoms with E-state index in [1.165, 1.54) is 5.56 Å². The normalized spacial score (nSPS) is 14.4. The predicted octanol–water partition coefficient (Wildman–Crippen LogP) is 5.03. The predicted molar refractivity (Wildman–Crippen MR) is 134 cm³/mol. The van der Waals surface area contributed by atoms with Crippen molar-refractivity contribution in [1.29, 1.82) is 0 Å². The van der Waals surface area contributed by atoms with E-state index in [2.05, 4.69) is 5.32 Å². The number of ether oxygens (including phenoxy) is 2. The molecule has 1 saturated carbocycles. The summed E-state index contributed by atoms with van der Waals surface area (Å²) in [4.78, 5) is 28.2. The average Bonchev–Trinajstić information content (AvgIpc) is 3.36. The molecule has 0 aromatic heterocycles. The molecule has 1 aliphatic carbocycles. The molecule has 2 aromatic rings. The molecule has 0 aliphatic heterocycles. The van der Waals surface area contributed by atoms with E-state index < -0.39 is 6.04 Å². The Labute approximate surface area is 203 Å². The second-order valence-electron chi connectivity index (χ2n) is 9.05. The number of aryl methyl sites for hydroxylation is 1. The van der Waals surface area contributed by atoms with Crippen LogP contribution in [-0.2, 0) is 16.1 Å².